The molecule has 0 saturated heterocycles. The van der Waals surface area contributed by atoms with Gasteiger partial charge in [0.15, 0.2) is 0 Å². The summed E-state index contributed by atoms with van der Waals surface area (Å²) in [6, 6.07) is 5.80. The van der Waals surface area contributed by atoms with Gasteiger partial charge in [-0.05, 0) is 63.6 Å². The van der Waals surface area contributed by atoms with Crippen molar-refractivity contribution < 1.29 is 14.6 Å². The number of carbonyl (C=O) groups is 1. The first-order chi connectivity index (χ1) is 8.52. The lowest BCUT2D eigenvalue weighted by atomic mass is 10.2. The minimum atomic E-state index is -0.745. The molecule has 2 N–H and O–H groups in total. The molecule has 1 unspecified atom stereocenters. The second-order valence-electron chi connectivity index (χ2n) is 3.67. The Bertz CT molecular complexity index is 414. The number of anilines is 1. The first-order valence-corrected chi connectivity index (χ1v) is 7.42. The lowest BCUT2D eigenvalue weighted by Gasteiger charge is -2.12. The Morgan fingerprint density at radius 3 is 2.94 bits per heavy atom. The van der Waals surface area contributed by atoms with Crippen LogP contribution in [0.4, 0.5) is 5.69 Å². The number of nitrogens with one attached hydrogen (secondary N) is 1. The Morgan fingerprint density at radius 2 is 2.33 bits per heavy atom. The highest BCUT2D eigenvalue weighted by Gasteiger charge is 2.11. The molecule has 0 aliphatic rings. The number of ether oxygens (including phenoxy) is 1. The van der Waals surface area contributed by atoms with E-state index in [0.29, 0.717) is 13.2 Å². The molecule has 0 saturated carbocycles. The maximum atomic E-state index is 11.1. The Balaban J connectivity index is 2.40. The van der Waals surface area contributed by atoms with Gasteiger partial charge in [-0.3, -0.25) is 4.79 Å². The molecule has 0 aromatic heterocycles. The van der Waals surface area contributed by atoms with Crippen molar-refractivity contribution in [3.05, 3.63) is 26.2 Å². The lowest BCUT2D eigenvalue weighted by Crippen LogP contribution is -2.23. The standard InChI is InChI=1S/C12H15BrINO3/c1-2-18-12(17)6-9(16)7-15-8-3-4-10(13)11(14)5-8/h3-5,9,15-16H,2,6-7H2,1H3. The van der Waals surface area contributed by atoms with Crippen molar-refractivity contribution in [2.45, 2.75) is 19.4 Å². The maximum Gasteiger partial charge on any atom is 0.308 e. The van der Waals surface area contributed by atoms with Crippen LogP contribution < -0.4 is 5.32 Å². The van der Waals surface area contributed by atoms with Crippen molar-refractivity contribution in [2.24, 2.45) is 0 Å². The van der Waals surface area contributed by atoms with E-state index in [1.807, 2.05) is 18.2 Å². The molecule has 0 heterocycles. The van der Waals surface area contributed by atoms with Crippen molar-refractivity contribution in [3.8, 4) is 0 Å². The van der Waals surface area contributed by atoms with Gasteiger partial charge in [-0.25, -0.2) is 0 Å². The summed E-state index contributed by atoms with van der Waals surface area (Å²) in [7, 11) is 0. The molecular formula is C12H15BrINO3. The van der Waals surface area contributed by atoms with Crippen molar-refractivity contribution >= 4 is 50.2 Å². The third kappa shape index (κ3) is 5.53. The minimum Gasteiger partial charge on any atom is -0.466 e. The van der Waals surface area contributed by atoms with Crippen LogP contribution in [0, 0.1) is 3.57 Å². The zero-order valence-electron chi connectivity index (χ0n) is 9.95. The zero-order valence-corrected chi connectivity index (χ0v) is 13.7. The number of hydrogen-bond donors (Lipinski definition) is 2. The fourth-order valence-electron chi connectivity index (χ4n) is 1.33. The molecule has 100 valence electrons. The second-order valence-corrected chi connectivity index (χ2v) is 5.69. The summed E-state index contributed by atoms with van der Waals surface area (Å²) < 4.78 is 6.87. The number of aliphatic hydroxyl groups is 1. The van der Waals surface area contributed by atoms with Crippen LogP contribution in [0.1, 0.15) is 13.3 Å². The molecule has 0 amide bonds. The Labute approximate surface area is 128 Å². The van der Waals surface area contributed by atoms with E-state index in [2.05, 4.69) is 43.8 Å². The molecule has 18 heavy (non-hydrogen) atoms. The molecule has 0 radical (unpaired) electrons. The smallest absolute Gasteiger partial charge is 0.308 e. The largest absolute Gasteiger partial charge is 0.466 e. The van der Waals surface area contributed by atoms with Crippen LogP contribution >= 0.6 is 38.5 Å². The summed E-state index contributed by atoms with van der Waals surface area (Å²) in [5.41, 5.74) is 0.908. The fourth-order valence-corrected chi connectivity index (χ4v) is 2.09. The number of aliphatic hydroxyl groups excluding tert-OH is 1. The Hall–Kier alpha value is -0.340. The van der Waals surface area contributed by atoms with Crippen LogP contribution in [-0.4, -0.2) is 30.3 Å². The summed E-state index contributed by atoms with van der Waals surface area (Å²) in [5.74, 6) is -0.378. The lowest BCUT2D eigenvalue weighted by molar-refractivity contribution is -0.145. The van der Waals surface area contributed by atoms with Gasteiger partial charge in [0, 0.05) is 20.3 Å². The average Bonchev–Trinajstić information content (AvgIpc) is 2.31. The van der Waals surface area contributed by atoms with Crippen LogP contribution in [0.25, 0.3) is 0 Å². The number of rotatable bonds is 6. The van der Waals surface area contributed by atoms with E-state index in [1.165, 1.54) is 0 Å². The van der Waals surface area contributed by atoms with Gasteiger partial charge in [-0.2, -0.15) is 0 Å². The van der Waals surface area contributed by atoms with Crippen LogP contribution in [0.3, 0.4) is 0 Å². The average molecular weight is 428 g/mol. The van der Waals surface area contributed by atoms with E-state index < -0.39 is 6.10 Å². The summed E-state index contributed by atoms with van der Waals surface area (Å²) >= 11 is 5.63. The van der Waals surface area contributed by atoms with Gasteiger partial charge in [0.2, 0.25) is 0 Å². The van der Waals surface area contributed by atoms with E-state index in [1.54, 1.807) is 6.92 Å². The van der Waals surface area contributed by atoms with Crippen molar-refractivity contribution in [3.63, 3.8) is 0 Å². The third-order valence-corrected chi connectivity index (χ3v) is 4.49. The summed E-state index contributed by atoms with van der Waals surface area (Å²) in [5, 5.41) is 12.7. The molecule has 6 heteroatoms. The Morgan fingerprint density at radius 1 is 1.61 bits per heavy atom. The second kappa shape index (κ2) is 7.96. The van der Waals surface area contributed by atoms with Crippen molar-refractivity contribution in [2.75, 3.05) is 18.5 Å². The molecule has 4 nitrogen and oxygen atoms in total. The first kappa shape index (κ1) is 15.7. The van der Waals surface area contributed by atoms with Gasteiger partial charge in [-0.15, -0.1) is 0 Å². The van der Waals surface area contributed by atoms with Crippen LogP contribution in [-0.2, 0) is 9.53 Å². The maximum absolute atomic E-state index is 11.1. The summed E-state index contributed by atoms with van der Waals surface area (Å²) in [6.45, 7) is 2.40. The van der Waals surface area contributed by atoms with Crippen LogP contribution in [0.2, 0.25) is 0 Å². The molecule has 0 aliphatic heterocycles. The third-order valence-electron chi connectivity index (χ3n) is 2.17. The zero-order chi connectivity index (χ0) is 13.5. The van der Waals surface area contributed by atoms with E-state index in [0.717, 1.165) is 13.7 Å². The van der Waals surface area contributed by atoms with Gasteiger partial charge in [0.05, 0.1) is 19.1 Å². The SMILES string of the molecule is CCOC(=O)CC(O)CNc1ccc(Br)c(I)c1. The molecule has 0 fully saturated rings. The van der Waals surface area contributed by atoms with E-state index >= 15 is 0 Å². The molecule has 1 atom stereocenters. The highest BCUT2D eigenvalue weighted by atomic mass is 127. The van der Waals surface area contributed by atoms with Gasteiger partial charge in [0.25, 0.3) is 0 Å². The number of hydrogen-bond acceptors (Lipinski definition) is 4. The van der Waals surface area contributed by atoms with Gasteiger partial charge < -0.3 is 15.2 Å². The molecule has 1 aromatic carbocycles. The highest BCUT2D eigenvalue weighted by molar-refractivity contribution is 14.1. The van der Waals surface area contributed by atoms with Crippen LogP contribution in [0.15, 0.2) is 22.7 Å². The van der Waals surface area contributed by atoms with E-state index in [4.69, 9.17) is 4.74 Å². The van der Waals surface area contributed by atoms with Gasteiger partial charge in [0.1, 0.15) is 0 Å². The topological polar surface area (TPSA) is 58.6 Å². The van der Waals surface area contributed by atoms with E-state index in [-0.39, 0.29) is 12.4 Å². The molecule has 1 aromatic rings. The van der Waals surface area contributed by atoms with Crippen LogP contribution in [0.5, 0.6) is 0 Å². The highest BCUT2D eigenvalue weighted by Crippen LogP contribution is 2.22. The normalized spacial score (nSPS) is 12.0. The van der Waals surface area contributed by atoms with Gasteiger partial charge in [-0.1, -0.05) is 0 Å². The summed E-state index contributed by atoms with van der Waals surface area (Å²) in [6.07, 6.45) is -0.737. The molecular weight excluding hydrogens is 413 g/mol. The van der Waals surface area contributed by atoms with Crippen molar-refractivity contribution in [1.82, 2.24) is 0 Å². The number of esters is 1. The Kier molecular flexibility index (Phi) is 6.95. The molecule has 0 spiro atoms. The predicted octanol–water partition coefficient (Wildman–Crippen LogP) is 2.78. The molecule has 1 rings (SSSR count). The quantitative estimate of drug-likeness (QED) is 0.541. The fraction of sp³-hybridized carbons (Fsp3) is 0.417. The molecule has 0 aliphatic carbocycles. The minimum absolute atomic E-state index is 0.00839. The monoisotopic (exact) mass is 427 g/mol. The predicted molar refractivity (Wildman–Crippen MR) is 82.6 cm³/mol. The number of benzene rings is 1. The number of halogens is 2. The van der Waals surface area contributed by atoms with Gasteiger partial charge >= 0.3 is 5.97 Å². The first-order valence-electron chi connectivity index (χ1n) is 5.55. The van der Waals surface area contributed by atoms with Crippen molar-refractivity contribution in [1.29, 1.82) is 0 Å². The molecule has 0 bridgehead atoms. The summed E-state index contributed by atoms with van der Waals surface area (Å²) in [4.78, 5) is 11.1. The number of carbonyl (C=O) groups excluding carboxylic acids is 1. The van der Waals surface area contributed by atoms with E-state index in [9.17, 15) is 9.90 Å².